The monoisotopic (exact) mass is 712 g/mol. The van der Waals surface area contributed by atoms with Crippen LogP contribution in [0.25, 0.3) is 21.5 Å². The highest BCUT2D eigenvalue weighted by Gasteiger charge is 2.17. The number of benzene rings is 6. The smallest absolute Gasteiger partial charge is 0.323 e. The third-order valence-electron chi connectivity index (χ3n) is 7.27. The molecule has 0 saturated carbocycles. The van der Waals surface area contributed by atoms with Gasteiger partial charge in [0.2, 0.25) is 0 Å². The van der Waals surface area contributed by atoms with E-state index < -0.39 is 36.1 Å². The third-order valence-corrected chi connectivity index (χ3v) is 9.08. The number of phenols is 2. The highest BCUT2D eigenvalue weighted by atomic mass is 32.2. The van der Waals surface area contributed by atoms with Gasteiger partial charge in [-0.2, -0.15) is 16.8 Å². The number of rotatable bonds is 8. The molecule has 50 heavy (non-hydrogen) atoms. The van der Waals surface area contributed by atoms with Gasteiger partial charge in [-0.05, 0) is 83.6 Å². The van der Waals surface area contributed by atoms with Gasteiger partial charge in [-0.15, -0.1) is 20.5 Å². The lowest BCUT2D eigenvalue weighted by atomic mass is 10.1. The predicted octanol–water partition coefficient (Wildman–Crippen LogP) is 8.37. The van der Waals surface area contributed by atoms with Crippen LogP contribution in [0.1, 0.15) is 0 Å². The number of nitrogens with zero attached hydrogens (tertiary/aromatic N) is 4. The first-order valence-electron chi connectivity index (χ1n) is 14.3. The molecule has 6 aromatic carbocycles. The molecule has 0 aromatic heterocycles. The summed E-state index contributed by atoms with van der Waals surface area (Å²) in [5.74, 6) is -0.475. The summed E-state index contributed by atoms with van der Waals surface area (Å²) >= 11 is 0. The first-order chi connectivity index (χ1) is 23.8. The molecule has 0 spiro atoms. The third kappa shape index (κ3) is 7.25. The second-order valence-electron chi connectivity index (χ2n) is 10.6. The Balaban J connectivity index is 1.15. The Labute approximate surface area is 283 Å². The number of nitrogens with one attached hydrogen (secondary N) is 2. The van der Waals surface area contributed by atoms with E-state index in [2.05, 4.69) is 31.1 Å². The number of fused-ring (bicyclic) bond motifs is 2. The second-order valence-corrected chi connectivity index (χ2v) is 13.4. The quantitative estimate of drug-likeness (QED) is 0.0655. The maximum absolute atomic E-state index is 12.8. The summed E-state index contributed by atoms with van der Waals surface area (Å²) in [7, 11) is -9.08. The van der Waals surface area contributed by atoms with E-state index in [0.29, 0.717) is 32.9 Å². The maximum Gasteiger partial charge on any atom is 0.323 e. The molecule has 0 aliphatic rings. The molecule has 6 aromatic rings. The average Bonchev–Trinajstić information content (AvgIpc) is 3.07. The zero-order valence-corrected chi connectivity index (χ0v) is 27.0. The van der Waals surface area contributed by atoms with Crippen molar-refractivity contribution < 1.29 is 40.9 Å². The number of carbonyl (C=O) groups is 1. The van der Waals surface area contributed by atoms with Crippen LogP contribution in [0, 0.1) is 0 Å². The van der Waals surface area contributed by atoms with Crippen LogP contribution in [0.3, 0.4) is 0 Å². The summed E-state index contributed by atoms with van der Waals surface area (Å²) in [5, 5.41) is 44.5. The minimum atomic E-state index is -4.54. The number of azo groups is 2. The fourth-order valence-electron chi connectivity index (χ4n) is 4.95. The van der Waals surface area contributed by atoms with Crippen molar-refractivity contribution in [2.24, 2.45) is 20.5 Å². The molecule has 0 aliphatic heterocycles. The number of hydrogen-bond donors (Lipinski definition) is 6. The highest BCUT2D eigenvalue weighted by Crippen LogP contribution is 2.39. The largest absolute Gasteiger partial charge is 0.505 e. The molecular formula is C33H24N6O9S2. The molecule has 0 radical (unpaired) electrons. The number of hydrogen-bond acceptors (Lipinski definition) is 11. The molecule has 17 heteroatoms. The molecule has 0 aliphatic carbocycles. The van der Waals surface area contributed by atoms with Crippen molar-refractivity contribution >= 4 is 81.9 Å². The number of amides is 2. The van der Waals surface area contributed by atoms with Crippen molar-refractivity contribution in [3.8, 4) is 11.5 Å². The Morgan fingerprint density at radius 2 is 0.880 bits per heavy atom. The van der Waals surface area contributed by atoms with E-state index in [-0.39, 0.29) is 34.2 Å². The fourth-order valence-corrected chi connectivity index (χ4v) is 6.19. The van der Waals surface area contributed by atoms with E-state index in [4.69, 9.17) is 0 Å². The molecule has 0 heterocycles. The Kier molecular flexibility index (Phi) is 8.96. The molecule has 6 N–H and O–H groups in total. The van der Waals surface area contributed by atoms with Crippen LogP contribution >= 0.6 is 0 Å². The standard InChI is InChI=1S/C33H24N6O9S2/c40-31-23-13-11-21(17-19(23)9-15-27(31)38-36-25-5-1-3-7-29(25)49(43,44)45)34-33(42)35-22-12-14-24-20(18-22)10-16-28(32(24)41)39-37-26-6-2-4-8-30(26)50(46,47)48/h1-18,40-41H,(H2,34,35,42)(H,43,44,45)(H,46,47,48). The summed E-state index contributed by atoms with van der Waals surface area (Å²) in [6, 6.07) is 25.9. The zero-order chi connectivity index (χ0) is 35.6. The van der Waals surface area contributed by atoms with Crippen molar-refractivity contribution in [1.29, 1.82) is 0 Å². The Hall–Kier alpha value is -6.27. The number of urea groups is 1. The Bertz CT molecular complexity index is 2430. The van der Waals surface area contributed by atoms with Crippen LogP contribution in [-0.2, 0) is 20.2 Å². The highest BCUT2D eigenvalue weighted by molar-refractivity contribution is 7.86. The molecule has 0 fully saturated rings. The van der Waals surface area contributed by atoms with Gasteiger partial charge in [-0.1, -0.05) is 36.4 Å². The van der Waals surface area contributed by atoms with Crippen molar-refractivity contribution in [2.75, 3.05) is 10.6 Å². The summed E-state index contributed by atoms with van der Waals surface area (Å²) < 4.78 is 65.3. The minimum Gasteiger partial charge on any atom is -0.505 e. The Morgan fingerprint density at radius 3 is 1.28 bits per heavy atom. The van der Waals surface area contributed by atoms with Crippen LogP contribution in [0.2, 0.25) is 0 Å². The summed E-state index contributed by atoms with van der Waals surface area (Å²) in [6.07, 6.45) is 0. The number of carbonyl (C=O) groups excluding carboxylic acids is 1. The number of phenolic OH excluding ortho intramolecular Hbond substituents is 2. The van der Waals surface area contributed by atoms with Crippen LogP contribution < -0.4 is 10.6 Å². The van der Waals surface area contributed by atoms with Gasteiger partial charge in [-0.25, -0.2) is 4.79 Å². The average molecular weight is 713 g/mol. The van der Waals surface area contributed by atoms with Gasteiger partial charge in [0.15, 0.2) is 11.5 Å². The maximum atomic E-state index is 12.8. The van der Waals surface area contributed by atoms with Crippen molar-refractivity contribution in [1.82, 2.24) is 0 Å². The number of anilines is 2. The second kappa shape index (κ2) is 13.3. The minimum absolute atomic E-state index is 0.0427. The van der Waals surface area contributed by atoms with E-state index >= 15 is 0 Å². The predicted molar refractivity (Wildman–Crippen MR) is 185 cm³/mol. The molecule has 6 rings (SSSR count). The lowest BCUT2D eigenvalue weighted by Crippen LogP contribution is -2.19. The van der Waals surface area contributed by atoms with E-state index in [9.17, 15) is 40.9 Å². The molecule has 0 saturated heterocycles. The van der Waals surface area contributed by atoms with Gasteiger partial charge in [0.25, 0.3) is 20.2 Å². The number of aromatic hydroxyl groups is 2. The van der Waals surface area contributed by atoms with Gasteiger partial charge in [0.05, 0.1) is 0 Å². The van der Waals surface area contributed by atoms with Crippen LogP contribution in [0.15, 0.2) is 139 Å². The molecule has 2 amide bonds. The molecule has 0 bridgehead atoms. The van der Waals surface area contributed by atoms with Crippen LogP contribution in [0.5, 0.6) is 11.5 Å². The SMILES string of the molecule is O=C(Nc1ccc2c(O)c(N=Nc3ccccc3S(=O)(=O)O)ccc2c1)Nc1ccc2c(O)c(N=Nc3ccccc3S(=O)(=O)O)ccc2c1. The van der Waals surface area contributed by atoms with E-state index in [1.165, 1.54) is 60.7 Å². The zero-order valence-electron chi connectivity index (χ0n) is 25.3. The van der Waals surface area contributed by atoms with Crippen LogP contribution in [-0.4, -0.2) is 42.2 Å². The van der Waals surface area contributed by atoms with E-state index in [1.54, 1.807) is 48.5 Å². The lowest BCUT2D eigenvalue weighted by Gasteiger charge is -2.11. The molecular weight excluding hydrogens is 689 g/mol. The van der Waals surface area contributed by atoms with Gasteiger partial charge in [-0.3, -0.25) is 9.11 Å². The topological polar surface area (TPSA) is 240 Å². The van der Waals surface area contributed by atoms with Gasteiger partial charge in [0, 0.05) is 22.1 Å². The van der Waals surface area contributed by atoms with Crippen LogP contribution in [0.4, 0.5) is 38.9 Å². The molecule has 15 nitrogen and oxygen atoms in total. The van der Waals surface area contributed by atoms with Gasteiger partial charge >= 0.3 is 6.03 Å². The molecule has 0 atom stereocenters. The Morgan fingerprint density at radius 1 is 0.500 bits per heavy atom. The van der Waals surface area contributed by atoms with Crippen molar-refractivity contribution in [3.05, 3.63) is 109 Å². The van der Waals surface area contributed by atoms with E-state index in [0.717, 1.165) is 0 Å². The summed E-state index contributed by atoms with van der Waals surface area (Å²) in [4.78, 5) is 12.0. The van der Waals surface area contributed by atoms with Gasteiger partial charge < -0.3 is 20.8 Å². The summed E-state index contributed by atoms with van der Waals surface area (Å²) in [5.41, 5.74) is 0.655. The first-order valence-corrected chi connectivity index (χ1v) is 17.2. The lowest BCUT2D eigenvalue weighted by molar-refractivity contribution is 0.262. The molecule has 252 valence electrons. The fraction of sp³-hybridized carbons (Fsp3) is 0. The van der Waals surface area contributed by atoms with Gasteiger partial charge in [0.1, 0.15) is 32.5 Å². The van der Waals surface area contributed by atoms with Crippen molar-refractivity contribution in [2.45, 2.75) is 9.79 Å². The summed E-state index contributed by atoms with van der Waals surface area (Å²) in [6.45, 7) is 0. The normalized spacial score (nSPS) is 12.2. The molecule has 0 unspecified atom stereocenters. The van der Waals surface area contributed by atoms with E-state index in [1.807, 2.05) is 0 Å². The first kappa shape index (κ1) is 33.6. The van der Waals surface area contributed by atoms with Crippen molar-refractivity contribution in [3.63, 3.8) is 0 Å².